The van der Waals surface area contributed by atoms with Crippen molar-refractivity contribution in [3.05, 3.63) is 59.3 Å². The van der Waals surface area contributed by atoms with Crippen LogP contribution in [0.3, 0.4) is 0 Å². The third-order valence-electron chi connectivity index (χ3n) is 3.13. The fourth-order valence-corrected chi connectivity index (χ4v) is 2.00. The van der Waals surface area contributed by atoms with Crippen LogP contribution in [0, 0.1) is 6.92 Å². The van der Waals surface area contributed by atoms with Gasteiger partial charge in [-0.15, -0.1) is 0 Å². The molecule has 1 aromatic carbocycles. The molecular weight excluding hydrogens is 250 g/mol. The average Bonchev–Trinajstić information content (AvgIpc) is 2.47. The van der Waals surface area contributed by atoms with Crippen molar-refractivity contribution in [3.63, 3.8) is 0 Å². The van der Waals surface area contributed by atoms with E-state index in [1.807, 2.05) is 56.4 Å². The van der Waals surface area contributed by atoms with Crippen LogP contribution in [-0.4, -0.2) is 25.0 Å². The summed E-state index contributed by atoms with van der Waals surface area (Å²) >= 11 is 0. The summed E-state index contributed by atoms with van der Waals surface area (Å²) in [4.78, 5) is 18.0. The van der Waals surface area contributed by atoms with E-state index < -0.39 is 0 Å². The van der Waals surface area contributed by atoms with Crippen molar-refractivity contribution >= 4 is 11.7 Å². The maximum atomic E-state index is 11.5. The number of rotatable bonds is 4. The Bertz CT molecular complexity index is 593. The molecule has 0 saturated carbocycles. The van der Waals surface area contributed by atoms with Gasteiger partial charge in [-0.05, 0) is 36.8 Å². The van der Waals surface area contributed by atoms with E-state index in [1.54, 1.807) is 7.05 Å². The Kier molecular flexibility index (Phi) is 4.35. The van der Waals surface area contributed by atoms with Crippen LogP contribution in [0.1, 0.15) is 21.6 Å². The van der Waals surface area contributed by atoms with Gasteiger partial charge in [-0.3, -0.25) is 4.79 Å². The van der Waals surface area contributed by atoms with E-state index in [-0.39, 0.29) is 5.91 Å². The lowest BCUT2D eigenvalue weighted by atomic mass is 10.1. The maximum Gasteiger partial charge on any atom is 0.251 e. The van der Waals surface area contributed by atoms with Gasteiger partial charge in [0.15, 0.2) is 0 Å². The standard InChI is InChI=1S/C16H19N3O/c1-12-5-4-6-15(18-12)19(3)11-13-7-9-14(10-8-13)16(20)17-2/h4-10H,11H2,1-3H3,(H,17,20). The van der Waals surface area contributed by atoms with Crippen molar-refractivity contribution in [1.29, 1.82) is 0 Å². The molecule has 1 amide bonds. The van der Waals surface area contributed by atoms with Crippen LogP contribution in [0.5, 0.6) is 0 Å². The summed E-state index contributed by atoms with van der Waals surface area (Å²) in [6, 6.07) is 13.6. The summed E-state index contributed by atoms with van der Waals surface area (Å²) in [5.41, 5.74) is 2.82. The molecule has 4 heteroatoms. The van der Waals surface area contributed by atoms with Crippen molar-refractivity contribution in [1.82, 2.24) is 10.3 Å². The van der Waals surface area contributed by atoms with Gasteiger partial charge in [0.1, 0.15) is 5.82 Å². The summed E-state index contributed by atoms with van der Waals surface area (Å²) in [6.45, 7) is 2.74. The quantitative estimate of drug-likeness (QED) is 0.927. The van der Waals surface area contributed by atoms with E-state index in [4.69, 9.17) is 0 Å². The third kappa shape index (κ3) is 3.35. The zero-order valence-electron chi connectivity index (χ0n) is 12.1. The van der Waals surface area contributed by atoms with E-state index in [1.165, 1.54) is 0 Å². The first kappa shape index (κ1) is 14.1. The normalized spacial score (nSPS) is 10.2. The van der Waals surface area contributed by atoms with Gasteiger partial charge >= 0.3 is 0 Å². The van der Waals surface area contributed by atoms with Crippen LogP contribution in [0.2, 0.25) is 0 Å². The number of nitrogens with zero attached hydrogens (tertiary/aromatic N) is 2. The number of hydrogen-bond acceptors (Lipinski definition) is 3. The topological polar surface area (TPSA) is 45.2 Å². The first-order chi connectivity index (χ1) is 9.60. The molecular formula is C16H19N3O. The molecule has 0 fully saturated rings. The monoisotopic (exact) mass is 269 g/mol. The molecule has 0 saturated heterocycles. The van der Waals surface area contributed by atoms with Crippen molar-refractivity contribution in [2.24, 2.45) is 0 Å². The van der Waals surface area contributed by atoms with Gasteiger partial charge in [0, 0.05) is 31.9 Å². The van der Waals surface area contributed by atoms with Crippen LogP contribution >= 0.6 is 0 Å². The summed E-state index contributed by atoms with van der Waals surface area (Å²) in [5.74, 6) is 0.880. The Balaban J connectivity index is 2.08. The highest BCUT2D eigenvalue weighted by atomic mass is 16.1. The van der Waals surface area contributed by atoms with Gasteiger partial charge < -0.3 is 10.2 Å². The Morgan fingerprint density at radius 1 is 1.20 bits per heavy atom. The van der Waals surface area contributed by atoms with E-state index in [9.17, 15) is 4.79 Å². The Labute approximate surface area is 119 Å². The number of hydrogen-bond donors (Lipinski definition) is 1. The van der Waals surface area contributed by atoms with E-state index in [2.05, 4.69) is 15.2 Å². The molecule has 4 nitrogen and oxygen atoms in total. The zero-order valence-corrected chi connectivity index (χ0v) is 12.1. The minimum absolute atomic E-state index is 0.0646. The fraction of sp³-hybridized carbons (Fsp3) is 0.250. The molecule has 0 unspecified atom stereocenters. The van der Waals surface area contributed by atoms with Crippen molar-refractivity contribution in [3.8, 4) is 0 Å². The molecule has 1 N–H and O–H groups in total. The second-order valence-corrected chi connectivity index (χ2v) is 4.77. The summed E-state index contributed by atoms with van der Waals surface area (Å²) in [5, 5.41) is 2.61. The highest BCUT2D eigenvalue weighted by Gasteiger charge is 2.06. The Morgan fingerprint density at radius 3 is 2.50 bits per heavy atom. The molecule has 0 spiro atoms. The highest BCUT2D eigenvalue weighted by molar-refractivity contribution is 5.93. The minimum Gasteiger partial charge on any atom is -0.355 e. The van der Waals surface area contributed by atoms with Gasteiger partial charge in [0.25, 0.3) is 5.91 Å². The summed E-state index contributed by atoms with van der Waals surface area (Å²) < 4.78 is 0. The number of amides is 1. The van der Waals surface area contributed by atoms with Gasteiger partial charge in [-0.1, -0.05) is 18.2 Å². The van der Waals surface area contributed by atoms with Gasteiger partial charge in [0.2, 0.25) is 0 Å². The molecule has 2 aromatic rings. The number of pyridine rings is 1. The number of benzene rings is 1. The largest absolute Gasteiger partial charge is 0.355 e. The lowest BCUT2D eigenvalue weighted by Crippen LogP contribution is -2.19. The van der Waals surface area contributed by atoms with Crippen molar-refractivity contribution in [2.45, 2.75) is 13.5 Å². The van der Waals surface area contributed by atoms with Crippen LogP contribution in [0.15, 0.2) is 42.5 Å². The average molecular weight is 269 g/mol. The molecule has 0 radical (unpaired) electrons. The van der Waals surface area contributed by atoms with Gasteiger partial charge in [-0.25, -0.2) is 4.98 Å². The second-order valence-electron chi connectivity index (χ2n) is 4.77. The van der Waals surface area contributed by atoms with Crippen LogP contribution in [0.4, 0.5) is 5.82 Å². The Hall–Kier alpha value is -2.36. The van der Waals surface area contributed by atoms with Crippen LogP contribution in [0.25, 0.3) is 0 Å². The molecule has 0 atom stereocenters. The predicted molar refractivity (Wildman–Crippen MR) is 80.9 cm³/mol. The number of carbonyl (C=O) groups excluding carboxylic acids is 1. The number of anilines is 1. The second kappa shape index (κ2) is 6.19. The molecule has 2 rings (SSSR count). The summed E-state index contributed by atoms with van der Waals surface area (Å²) in [6.07, 6.45) is 0. The molecule has 1 heterocycles. The smallest absolute Gasteiger partial charge is 0.251 e. The van der Waals surface area contributed by atoms with Crippen LogP contribution in [-0.2, 0) is 6.54 Å². The number of aryl methyl sites for hydroxylation is 1. The van der Waals surface area contributed by atoms with Crippen molar-refractivity contribution in [2.75, 3.05) is 19.0 Å². The first-order valence-electron chi connectivity index (χ1n) is 6.56. The molecule has 20 heavy (non-hydrogen) atoms. The van der Waals surface area contributed by atoms with Crippen LogP contribution < -0.4 is 10.2 Å². The molecule has 104 valence electrons. The summed E-state index contributed by atoms with van der Waals surface area (Å²) in [7, 11) is 3.64. The number of aromatic nitrogens is 1. The maximum absolute atomic E-state index is 11.5. The van der Waals surface area contributed by atoms with E-state index in [0.717, 1.165) is 23.6 Å². The zero-order chi connectivity index (χ0) is 14.5. The predicted octanol–water partition coefficient (Wildman–Crippen LogP) is 2.39. The molecule has 0 aliphatic rings. The molecule has 0 bridgehead atoms. The molecule has 1 aromatic heterocycles. The van der Waals surface area contributed by atoms with Gasteiger partial charge in [-0.2, -0.15) is 0 Å². The number of nitrogens with one attached hydrogen (secondary N) is 1. The Morgan fingerprint density at radius 2 is 1.90 bits per heavy atom. The minimum atomic E-state index is -0.0646. The first-order valence-corrected chi connectivity index (χ1v) is 6.56. The van der Waals surface area contributed by atoms with Crippen molar-refractivity contribution < 1.29 is 4.79 Å². The fourth-order valence-electron chi connectivity index (χ4n) is 2.00. The lowest BCUT2D eigenvalue weighted by Gasteiger charge is -2.18. The van der Waals surface area contributed by atoms with E-state index >= 15 is 0 Å². The SMILES string of the molecule is CNC(=O)c1ccc(CN(C)c2cccc(C)n2)cc1. The number of carbonyl (C=O) groups is 1. The highest BCUT2D eigenvalue weighted by Crippen LogP contribution is 2.13. The molecule has 0 aliphatic carbocycles. The van der Waals surface area contributed by atoms with Gasteiger partial charge in [0.05, 0.1) is 0 Å². The van der Waals surface area contributed by atoms with E-state index in [0.29, 0.717) is 5.56 Å². The third-order valence-corrected chi connectivity index (χ3v) is 3.13. The molecule has 0 aliphatic heterocycles. The lowest BCUT2D eigenvalue weighted by molar-refractivity contribution is 0.0963.